The first-order valence-electron chi connectivity index (χ1n) is 10.8. The van der Waals surface area contributed by atoms with E-state index < -0.39 is 0 Å². The van der Waals surface area contributed by atoms with E-state index in [9.17, 15) is 4.79 Å². The van der Waals surface area contributed by atoms with Gasteiger partial charge in [0.05, 0.1) is 6.54 Å². The van der Waals surface area contributed by atoms with Gasteiger partial charge in [-0.1, -0.05) is 6.07 Å². The number of hydrogen-bond donors (Lipinski definition) is 2. The molecule has 0 radical (unpaired) electrons. The van der Waals surface area contributed by atoms with Crippen LogP contribution in [0, 0.1) is 6.92 Å². The zero-order valence-corrected chi connectivity index (χ0v) is 22.5. The average Bonchev–Trinajstić information content (AvgIpc) is 3.38. The molecule has 1 aliphatic rings. The zero-order chi connectivity index (χ0) is 22.2. The van der Waals surface area contributed by atoms with Crippen molar-refractivity contribution >= 4 is 47.2 Å². The number of aryl methyl sites for hydroxylation is 1. The Hall–Kier alpha value is -1.73. The number of carbonyl (C=O) groups excluding carboxylic acids is 1. The number of aromatic nitrogens is 3. The zero-order valence-electron chi connectivity index (χ0n) is 19.4. The minimum atomic E-state index is 0. The second-order valence-electron chi connectivity index (χ2n) is 8.13. The largest absolute Gasteiger partial charge is 0.356 e. The summed E-state index contributed by atoms with van der Waals surface area (Å²) in [4.78, 5) is 22.0. The van der Waals surface area contributed by atoms with Gasteiger partial charge < -0.3 is 20.1 Å². The first-order chi connectivity index (χ1) is 14.9. The second-order valence-corrected chi connectivity index (χ2v) is 9.16. The van der Waals surface area contributed by atoms with Gasteiger partial charge in [0, 0.05) is 51.7 Å². The highest BCUT2D eigenvalue weighted by molar-refractivity contribution is 14.0. The van der Waals surface area contributed by atoms with E-state index in [2.05, 4.69) is 43.2 Å². The van der Waals surface area contributed by atoms with E-state index in [1.807, 2.05) is 18.5 Å². The topological polar surface area (TPSA) is 90.7 Å². The first kappa shape index (κ1) is 26.5. The molecule has 0 aromatic carbocycles. The van der Waals surface area contributed by atoms with Crippen LogP contribution in [-0.4, -0.2) is 82.7 Å². The van der Waals surface area contributed by atoms with Crippen LogP contribution in [0.3, 0.4) is 0 Å². The fourth-order valence-electron chi connectivity index (χ4n) is 3.41. The van der Waals surface area contributed by atoms with E-state index in [0.29, 0.717) is 19.1 Å². The van der Waals surface area contributed by atoms with E-state index in [0.717, 1.165) is 56.5 Å². The van der Waals surface area contributed by atoms with Gasteiger partial charge >= 0.3 is 0 Å². The number of rotatable bonds is 8. The van der Waals surface area contributed by atoms with E-state index in [4.69, 9.17) is 4.99 Å². The van der Waals surface area contributed by atoms with Crippen molar-refractivity contribution in [2.75, 3.05) is 40.3 Å². The van der Waals surface area contributed by atoms with Gasteiger partial charge in [0.15, 0.2) is 11.8 Å². The number of thiophene rings is 1. The maximum Gasteiger partial charge on any atom is 0.236 e. The third-order valence-electron chi connectivity index (χ3n) is 5.59. The van der Waals surface area contributed by atoms with Crippen LogP contribution in [0.1, 0.15) is 29.4 Å². The summed E-state index contributed by atoms with van der Waals surface area (Å²) in [6.07, 6.45) is 2.93. The van der Waals surface area contributed by atoms with Crippen molar-refractivity contribution < 1.29 is 4.79 Å². The van der Waals surface area contributed by atoms with Crippen LogP contribution in [0.25, 0.3) is 0 Å². The second kappa shape index (κ2) is 13.1. The highest BCUT2D eigenvalue weighted by Gasteiger charge is 2.22. The van der Waals surface area contributed by atoms with Gasteiger partial charge in [-0.2, -0.15) is 0 Å². The van der Waals surface area contributed by atoms with Crippen LogP contribution < -0.4 is 10.6 Å². The Bertz CT molecular complexity index is 859. The third-order valence-corrected chi connectivity index (χ3v) is 6.53. The van der Waals surface area contributed by atoms with Crippen LogP contribution in [0.2, 0.25) is 0 Å². The maximum absolute atomic E-state index is 12.0. The molecule has 1 fully saturated rings. The number of carbonyl (C=O) groups is 1. The molecule has 3 heterocycles. The van der Waals surface area contributed by atoms with Crippen LogP contribution in [-0.2, 0) is 24.8 Å². The van der Waals surface area contributed by atoms with E-state index in [1.54, 1.807) is 30.3 Å². The normalized spacial score (nSPS) is 15.3. The number of nitrogens with zero attached hydrogens (tertiary/aromatic N) is 6. The molecule has 1 amide bonds. The van der Waals surface area contributed by atoms with Gasteiger partial charge in [-0.3, -0.25) is 9.69 Å². The van der Waals surface area contributed by atoms with Gasteiger partial charge in [-0.25, -0.2) is 4.99 Å². The van der Waals surface area contributed by atoms with Crippen LogP contribution >= 0.6 is 35.3 Å². The Morgan fingerprint density at radius 1 is 1.31 bits per heavy atom. The molecule has 1 saturated heterocycles. The van der Waals surface area contributed by atoms with Crippen molar-refractivity contribution in [1.29, 1.82) is 0 Å². The van der Waals surface area contributed by atoms with Crippen molar-refractivity contribution in [2.45, 2.75) is 38.8 Å². The highest BCUT2D eigenvalue weighted by Crippen LogP contribution is 2.11. The maximum atomic E-state index is 12.0. The molecule has 0 aliphatic carbocycles. The fourth-order valence-corrected chi connectivity index (χ4v) is 4.12. The molecule has 32 heavy (non-hydrogen) atoms. The lowest BCUT2D eigenvalue weighted by Gasteiger charge is -2.33. The molecule has 1 aliphatic heterocycles. The summed E-state index contributed by atoms with van der Waals surface area (Å²) in [5.74, 6) is 2.68. The first-order valence-corrected chi connectivity index (χ1v) is 11.6. The van der Waals surface area contributed by atoms with Crippen LogP contribution in [0.5, 0.6) is 0 Å². The summed E-state index contributed by atoms with van der Waals surface area (Å²) in [5.41, 5.74) is 0. The van der Waals surface area contributed by atoms with Crippen molar-refractivity contribution in [2.24, 2.45) is 12.0 Å². The molecule has 178 valence electrons. The molecular formula is C21H35IN8OS. The van der Waals surface area contributed by atoms with Gasteiger partial charge in [-0.15, -0.1) is 45.5 Å². The summed E-state index contributed by atoms with van der Waals surface area (Å²) in [7, 11) is 5.57. The molecule has 0 bridgehead atoms. The highest BCUT2D eigenvalue weighted by atomic mass is 127. The van der Waals surface area contributed by atoms with E-state index in [1.165, 1.54) is 4.88 Å². The van der Waals surface area contributed by atoms with Gasteiger partial charge in [0.1, 0.15) is 12.4 Å². The molecule has 2 aromatic rings. The number of likely N-dealkylation sites (tertiary alicyclic amines) is 1. The Labute approximate surface area is 211 Å². The predicted octanol–water partition coefficient (Wildman–Crippen LogP) is 1.63. The van der Waals surface area contributed by atoms with Gasteiger partial charge in [-0.05, 0) is 37.6 Å². The molecule has 2 N–H and O–H groups in total. The number of likely N-dealkylation sites (N-methyl/N-ethyl adjacent to an activating group) is 1. The number of halogens is 1. The van der Waals surface area contributed by atoms with Crippen molar-refractivity contribution in [3.8, 4) is 0 Å². The summed E-state index contributed by atoms with van der Waals surface area (Å²) < 4.78 is 1.97. The lowest BCUT2D eigenvalue weighted by Crippen LogP contribution is -2.50. The fraction of sp³-hybridized carbons (Fsp3) is 0.619. The van der Waals surface area contributed by atoms with E-state index >= 15 is 0 Å². The van der Waals surface area contributed by atoms with Gasteiger partial charge in [0.2, 0.25) is 5.91 Å². The standard InChI is InChI=1S/C21H34N8OS.HI/c1-16-25-26-19(28(16)4)14-23-21(22-10-7-18-6-5-13-31-18)24-17-8-11-29(12-9-17)15-20(30)27(2)3;/h5-6,13,17H,7-12,14-15H2,1-4H3,(H2,22,23,24);1H. The summed E-state index contributed by atoms with van der Waals surface area (Å²) >= 11 is 1.77. The number of aliphatic imine (C=N–C) groups is 1. The predicted molar refractivity (Wildman–Crippen MR) is 140 cm³/mol. The molecule has 0 spiro atoms. The SMILES string of the molecule is Cc1nnc(CN=C(NCCc2cccs2)NC2CCN(CC(=O)N(C)C)CC2)n1C.I. The quantitative estimate of drug-likeness (QED) is 0.283. The molecule has 0 atom stereocenters. The Balaban J connectivity index is 0.00000363. The van der Waals surface area contributed by atoms with E-state index in [-0.39, 0.29) is 29.9 Å². The third kappa shape index (κ3) is 8.00. The Morgan fingerprint density at radius 3 is 2.66 bits per heavy atom. The smallest absolute Gasteiger partial charge is 0.236 e. The summed E-state index contributed by atoms with van der Waals surface area (Å²) in [6, 6.07) is 4.57. The molecule has 3 rings (SSSR count). The molecule has 0 unspecified atom stereocenters. The van der Waals surface area contributed by atoms with Crippen LogP contribution in [0.4, 0.5) is 0 Å². The summed E-state index contributed by atoms with van der Waals surface area (Å²) in [6.45, 7) is 5.53. The number of hydrogen-bond acceptors (Lipinski definition) is 6. The number of amides is 1. The number of nitrogens with one attached hydrogen (secondary N) is 2. The minimum absolute atomic E-state index is 0. The van der Waals surface area contributed by atoms with Crippen molar-refractivity contribution in [3.63, 3.8) is 0 Å². The van der Waals surface area contributed by atoms with Crippen molar-refractivity contribution in [1.82, 2.24) is 35.2 Å². The molecule has 2 aromatic heterocycles. The van der Waals surface area contributed by atoms with Gasteiger partial charge in [0.25, 0.3) is 0 Å². The van der Waals surface area contributed by atoms with Crippen LogP contribution in [0.15, 0.2) is 22.5 Å². The number of piperidine rings is 1. The molecule has 9 nitrogen and oxygen atoms in total. The Morgan fingerprint density at radius 2 is 2.06 bits per heavy atom. The number of guanidine groups is 1. The van der Waals surface area contributed by atoms with Crippen molar-refractivity contribution in [3.05, 3.63) is 34.0 Å². The average molecular weight is 575 g/mol. The minimum Gasteiger partial charge on any atom is -0.356 e. The lowest BCUT2D eigenvalue weighted by molar-refractivity contribution is -0.130. The molecular weight excluding hydrogens is 539 g/mol. The summed E-state index contributed by atoms with van der Waals surface area (Å²) in [5, 5.41) is 17.5. The Kier molecular flexibility index (Phi) is 10.9. The monoisotopic (exact) mass is 574 g/mol. The molecule has 11 heteroatoms. The molecule has 0 saturated carbocycles. The lowest BCUT2D eigenvalue weighted by atomic mass is 10.1.